The second-order valence-electron chi connectivity index (χ2n) is 1.52. The molecule has 64 valence electrons. The Balaban J connectivity index is 3.29. The maximum atomic E-state index is 11.2. The molecule has 0 aliphatic carbocycles. The predicted molar refractivity (Wildman–Crippen MR) is 31.4 cm³/mol. The molecule has 0 fully saturated rings. The summed E-state index contributed by atoms with van der Waals surface area (Å²) in [5, 5.41) is 0. The summed E-state index contributed by atoms with van der Waals surface area (Å²) < 4.78 is 49.3. The van der Waals surface area contributed by atoms with E-state index in [0.717, 1.165) is 0 Å². The Morgan fingerprint density at radius 2 is 1.27 bits per heavy atom. The predicted octanol–water partition coefficient (Wildman–Crippen LogP) is 2.56. The van der Waals surface area contributed by atoms with Crippen molar-refractivity contribution in [2.45, 2.75) is 0 Å². The van der Waals surface area contributed by atoms with Gasteiger partial charge in [-0.3, -0.25) is 0 Å². The van der Waals surface area contributed by atoms with Gasteiger partial charge in [0.15, 0.2) is 0 Å². The van der Waals surface area contributed by atoms with Gasteiger partial charge in [-0.15, -0.1) is 0 Å². The molecular weight excluding hydrogens is 164 g/mol. The standard InChI is InChI=1S/C6H6F4O/c7-5(8)1-3-11-4-2-6(9)10/h1-2H,3-4H2. The molecule has 0 saturated carbocycles. The maximum Gasteiger partial charge on any atom is 0.268 e. The Hall–Kier alpha value is -0.840. The van der Waals surface area contributed by atoms with E-state index in [2.05, 4.69) is 4.74 Å². The zero-order chi connectivity index (χ0) is 8.69. The Morgan fingerprint density at radius 3 is 1.55 bits per heavy atom. The minimum absolute atomic E-state index is 0.355. The second kappa shape index (κ2) is 5.91. The molecule has 0 radical (unpaired) electrons. The monoisotopic (exact) mass is 170 g/mol. The normalized spacial score (nSPS) is 9.09. The van der Waals surface area contributed by atoms with Crippen LogP contribution in [0.3, 0.4) is 0 Å². The van der Waals surface area contributed by atoms with E-state index in [1.165, 1.54) is 0 Å². The Morgan fingerprint density at radius 1 is 0.909 bits per heavy atom. The average Bonchev–Trinajstić information content (AvgIpc) is 1.85. The van der Waals surface area contributed by atoms with Gasteiger partial charge in [0.1, 0.15) is 0 Å². The number of rotatable bonds is 4. The van der Waals surface area contributed by atoms with Crippen LogP contribution >= 0.6 is 0 Å². The lowest BCUT2D eigenvalue weighted by molar-refractivity contribution is 0.186. The minimum atomic E-state index is -1.88. The average molecular weight is 170 g/mol. The quantitative estimate of drug-likeness (QED) is 0.465. The molecule has 1 nitrogen and oxygen atoms in total. The smallest absolute Gasteiger partial charge is 0.268 e. The highest BCUT2D eigenvalue weighted by Crippen LogP contribution is 1.97. The molecule has 0 N–H and O–H groups in total. The summed E-state index contributed by atoms with van der Waals surface area (Å²) in [7, 11) is 0. The van der Waals surface area contributed by atoms with E-state index < -0.39 is 12.2 Å². The lowest BCUT2D eigenvalue weighted by Crippen LogP contribution is -1.90. The second-order valence-corrected chi connectivity index (χ2v) is 1.52. The van der Waals surface area contributed by atoms with Crippen LogP contribution < -0.4 is 0 Å². The summed E-state index contributed by atoms with van der Waals surface area (Å²) in [5.41, 5.74) is 0. The van der Waals surface area contributed by atoms with E-state index >= 15 is 0 Å². The van der Waals surface area contributed by atoms with Gasteiger partial charge in [-0.1, -0.05) is 0 Å². The maximum absolute atomic E-state index is 11.2. The fraction of sp³-hybridized carbons (Fsp3) is 0.333. The van der Waals surface area contributed by atoms with Crippen molar-refractivity contribution in [1.29, 1.82) is 0 Å². The summed E-state index contributed by atoms with van der Waals surface area (Å²) in [6.07, 6.45) is -2.75. The Kier molecular flexibility index (Phi) is 5.46. The molecule has 0 aliphatic rings. The zero-order valence-electron chi connectivity index (χ0n) is 5.49. The van der Waals surface area contributed by atoms with Crippen LogP contribution in [-0.4, -0.2) is 13.2 Å². The third kappa shape index (κ3) is 9.16. The Labute approximate surface area is 61.0 Å². The molecule has 0 amide bonds. The van der Waals surface area contributed by atoms with Gasteiger partial charge in [0, 0.05) is 12.2 Å². The molecule has 5 heteroatoms. The SMILES string of the molecule is FC(F)=CCOCC=C(F)F. The fourth-order valence-corrected chi connectivity index (χ4v) is 0.312. The summed E-state index contributed by atoms with van der Waals surface area (Å²) >= 11 is 0. The van der Waals surface area contributed by atoms with Gasteiger partial charge in [0.2, 0.25) is 0 Å². The third-order valence-electron chi connectivity index (χ3n) is 0.711. The van der Waals surface area contributed by atoms with Gasteiger partial charge >= 0.3 is 0 Å². The van der Waals surface area contributed by atoms with E-state index in [9.17, 15) is 17.6 Å². The molecule has 0 bridgehead atoms. The van der Waals surface area contributed by atoms with Crippen molar-refractivity contribution in [2.24, 2.45) is 0 Å². The largest absolute Gasteiger partial charge is 0.373 e. The van der Waals surface area contributed by atoms with Crippen molar-refractivity contribution in [3.05, 3.63) is 24.3 Å². The molecule has 0 aromatic carbocycles. The molecule has 0 unspecified atom stereocenters. The van der Waals surface area contributed by atoms with Crippen molar-refractivity contribution in [3.8, 4) is 0 Å². The first-order valence-corrected chi connectivity index (χ1v) is 2.73. The highest BCUT2D eigenvalue weighted by Gasteiger charge is 1.89. The first-order valence-electron chi connectivity index (χ1n) is 2.73. The molecule has 11 heavy (non-hydrogen) atoms. The number of hydrogen-bond acceptors (Lipinski definition) is 1. The summed E-state index contributed by atoms with van der Waals surface area (Å²) in [4.78, 5) is 0. The van der Waals surface area contributed by atoms with Crippen molar-refractivity contribution >= 4 is 0 Å². The topological polar surface area (TPSA) is 9.23 Å². The van der Waals surface area contributed by atoms with Gasteiger partial charge in [0.25, 0.3) is 12.2 Å². The van der Waals surface area contributed by atoms with Crippen molar-refractivity contribution < 1.29 is 22.3 Å². The van der Waals surface area contributed by atoms with Gasteiger partial charge in [-0.2, -0.15) is 17.6 Å². The summed E-state index contributed by atoms with van der Waals surface area (Å²) in [6, 6.07) is 0. The van der Waals surface area contributed by atoms with Gasteiger partial charge in [-0.25, -0.2) is 0 Å². The van der Waals surface area contributed by atoms with Crippen molar-refractivity contribution in [1.82, 2.24) is 0 Å². The van der Waals surface area contributed by atoms with Crippen LogP contribution in [0.1, 0.15) is 0 Å². The number of ether oxygens (including phenoxy) is 1. The first kappa shape index (κ1) is 10.2. The fourth-order valence-electron chi connectivity index (χ4n) is 0.312. The lowest BCUT2D eigenvalue weighted by Gasteiger charge is -1.92. The molecule has 0 atom stereocenters. The zero-order valence-corrected chi connectivity index (χ0v) is 5.49. The van der Waals surface area contributed by atoms with Crippen LogP contribution in [0, 0.1) is 0 Å². The van der Waals surface area contributed by atoms with Crippen LogP contribution in [0.4, 0.5) is 17.6 Å². The highest BCUT2D eigenvalue weighted by atomic mass is 19.3. The van der Waals surface area contributed by atoms with E-state index in [-0.39, 0.29) is 13.2 Å². The number of hydrogen-bond donors (Lipinski definition) is 0. The molecule has 0 saturated heterocycles. The van der Waals surface area contributed by atoms with E-state index in [1.54, 1.807) is 0 Å². The minimum Gasteiger partial charge on any atom is -0.373 e. The van der Waals surface area contributed by atoms with Crippen molar-refractivity contribution in [3.63, 3.8) is 0 Å². The molecule has 0 aromatic heterocycles. The van der Waals surface area contributed by atoms with Crippen LogP contribution in [-0.2, 0) is 4.74 Å². The molecular formula is C6H6F4O. The molecule has 0 heterocycles. The molecule has 0 spiro atoms. The highest BCUT2D eigenvalue weighted by molar-refractivity contribution is 4.82. The van der Waals surface area contributed by atoms with Crippen LogP contribution in [0.5, 0.6) is 0 Å². The molecule has 0 rings (SSSR count). The summed E-state index contributed by atoms with van der Waals surface area (Å²) in [5.74, 6) is 0. The van der Waals surface area contributed by atoms with Gasteiger partial charge in [0.05, 0.1) is 13.2 Å². The van der Waals surface area contributed by atoms with Crippen LogP contribution in [0.2, 0.25) is 0 Å². The van der Waals surface area contributed by atoms with Gasteiger partial charge in [-0.05, 0) is 0 Å². The van der Waals surface area contributed by atoms with E-state index in [4.69, 9.17) is 0 Å². The Bertz CT molecular complexity index is 138. The molecule has 0 aliphatic heterocycles. The number of halogens is 4. The molecule has 0 aromatic rings. The van der Waals surface area contributed by atoms with Gasteiger partial charge < -0.3 is 4.74 Å². The van der Waals surface area contributed by atoms with Crippen molar-refractivity contribution in [2.75, 3.05) is 13.2 Å². The summed E-state index contributed by atoms with van der Waals surface area (Å²) in [6.45, 7) is -0.710. The van der Waals surface area contributed by atoms with E-state index in [0.29, 0.717) is 12.2 Å². The van der Waals surface area contributed by atoms with Crippen LogP contribution in [0.15, 0.2) is 24.3 Å². The third-order valence-corrected chi connectivity index (χ3v) is 0.711. The van der Waals surface area contributed by atoms with E-state index in [1.807, 2.05) is 0 Å². The lowest BCUT2D eigenvalue weighted by atomic mass is 10.6. The first-order chi connectivity index (χ1) is 5.13. The van der Waals surface area contributed by atoms with Crippen LogP contribution in [0.25, 0.3) is 0 Å².